The molecular weight excluding hydrogens is 346 g/mol. The molecule has 0 atom stereocenters. The molecule has 0 amide bonds. The molecule has 3 rings (SSSR count). The highest BCUT2D eigenvalue weighted by Gasteiger charge is 2.24. The first-order chi connectivity index (χ1) is 13.1. The van der Waals surface area contributed by atoms with E-state index in [0.29, 0.717) is 0 Å². The molecule has 3 N–H and O–H groups in total. The summed E-state index contributed by atoms with van der Waals surface area (Å²) in [6.45, 7) is 16.7. The Morgan fingerprint density at radius 2 is 1.54 bits per heavy atom. The Morgan fingerprint density at radius 1 is 0.893 bits per heavy atom. The highest BCUT2D eigenvalue weighted by Crippen LogP contribution is 2.40. The summed E-state index contributed by atoms with van der Waals surface area (Å²) in [4.78, 5) is 2.38. The molecule has 4 nitrogen and oxygen atoms in total. The van der Waals surface area contributed by atoms with Gasteiger partial charge in [-0.3, -0.25) is 0 Å². The van der Waals surface area contributed by atoms with Crippen LogP contribution in [0.2, 0.25) is 0 Å². The molecule has 0 unspecified atom stereocenters. The summed E-state index contributed by atoms with van der Waals surface area (Å²) < 4.78 is 5.52. The van der Waals surface area contributed by atoms with Crippen LogP contribution in [0.25, 0.3) is 0 Å². The van der Waals surface area contributed by atoms with Crippen molar-refractivity contribution in [2.45, 2.75) is 52.4 Å². The predicted molar refractivity (Wildman–Crippen MR) is 121 cm³/mol. The van der Waals surface area contributed by atoms with Crippen LogP contribution < -0.4 is 16.0 Å². The van der Waals surface area contributed by atoms with Crippen molar-refractivity contribution in [3.63, 3.8) is 0 Å². The highest BCUT2D eigenvalue weighted by molar-refractivity contribution is 5.82. The van der Waals surface area contributed by atoms with Gasteiger partial charge in [0.2, 0.25) is 0 Å². The second-order valence-electron chi connectivity index (χ2n) is 9.73. The zero-order valence-electron chi connectivity index (χ0n) is 18.2. The van der Waals surface area contributed by atoms with Gasteiger partial charge in [-0.2, -0.15) is 0 Å². The molecule has 1 saturated heterocycles. The molecule has 1 heterocycles. The van der Waals surface area contributed by atoms with Crippen LogP contribution >= 0.6 is 0 Å². The van der Waals surface area contributed by atoms with E-state index in [2.05, 4.69) is 88.2 Å². The van der Waals surface area contributed by atoms with Crippen molar-refractivity contribution < 1.29 is 4.74 Å². The average molecular weight is 382 g/mol. The number of nitrogens with zero attached hydrogens (tertiary/aromatic N) is 1. The molecule has 0 spiro atoms. The molecule has 1 aliphatic heterocycles. The maximum atomic E-state index is 6.66. The predicted octanol–water partition coefficient (Wildman–Crippen LogP) is 5.44. The number of morpholine rings is 1. The molecule has 2 aromatic carbocycles. The number of hydrogen-bond acceptors (Lipinski definition) is 4. The number of para-hydroxylation sites is 2. The molecule has 0 saturated carbocycles. The third-order valence-corrected chi connectivity index (χ3v) is 5.38. The van der Waals surface area contributed by atoms with E-state index in [4.69, 9.17) is 10.5 Å². The molecule has 28 heavy (non-hydrogen) atoms. The van der Waals surface area contributed by atoms with Gasteiger partial charge in [-0.25, -0.2) is 0 Å². The molecule has 2 aromatic rings. The molecule has 0 aliphatic carbocycles. The number of nitrogen functional groups attached to an aromatic ring is 1. The molecular formula is C24H35N3O. The van der Waals surface area contributed by atoms with Gasteiger partial charge in [0.1, 0.15) is 0 Å². The Bertz CT molecular complexity index is 825. The number of hydrogen-bond donors (Lipinski definition) is 2. The van der Waals surface area contributed by atoms with E-state index in [9.17, 15) is 0 Å². The van der Waals surface area contributed by atoms with Crippen molar-refractivity contribution in [2.24, 2.45) is 0 Å². The minimum absolute atomic E-state index is 0.0223. The topological polar surface area (TPSA) is 50.5 Å². The quantitative estimate of drug-likeness (QED) is 0.695. The van der Waals surface area contributed by atoms with Crippen LogP contribution in [0.4, 0.5) is 22.7 Å². The van der Waals surface area contributed by atoms with Crippen LogP contribution in [0.3, 0.4) is 0 Å². The Hall–Kier alpha value is -2.20. The van der Waals surface area contributed by atoms with Crippen molar-refractivity contribution in [3.05, 3.63) is 47.5 Å². The van der Waals surface area contributed by atoms with Gasteiger partial charge in [0.15, 0.2) is 0 Å². The van der Waals surface area contributed by atoms with E-state index in [1.165, 1.54) is 16.8 Å². The maximum absolute atomic E-state index is 6.66. The Labute approximate surface area is 170 Å². The van der Waals surface area contributed by atoms with E-state index in [0.717, 1.165) is 43.4 Å². The molecule has 4 heteroatoms. The fourth-order valence-corrected chi connectivity index (χ4v) is 3.61. The van der Waals surface area contributed by atoms with E-state index >= 15 is 0 Å². The second-order valence-corrected chi connectivity index (χ2v) is 9.73. The Kier molecular flexibility index (Phi) is 5.62. The van der Waals surface area contributed by atoms with E-state index in [1.807, 2.05) is 0 Å². The monoisotopic (exact) mass is 381 g/mol. The van der Waals surface area contributed by atoms with Crippen LogP contribution in [0.5, 0.6) is 0 Å². The second kappa shape index (κ2) is 7.67. The van der Waals surface area contributed by atoms with E-state index < -0.39 is 0 Å². The fraction of sp³-hybridized carbons (Fsp3) is 0.500. The highest BCUT2D eigenvalue weighted by atomic mass is 16.5. The summed E-state index contributed by atoms with van der Waals surface area (Å²) in [5, 5.41) is 3.66. The number of anilines is 4. The van der Waals surface area contributed by atoms with Gasteiger partial charge >= 0.3 is 0 Å². The SMILES string of the molecule is CC(C)(C)c1cc(Nc2ccccc2N2CCOCC2)c(N)c(C(C)(C)C)c1. The van der Waals surface area contributed by atoms with Gasteiger partial charge in [0.25, 0.3) is 0 Å². The lowest BCUT2D eigenvalue weighted by Gasteiger charge is -2.32. The Balaban J connectivity index is 2.05. The molecule has 0 aromatic heterocycles. The number of nitrogens with one attached hydrogen (secondary N) is 1. The van der Waals surface area contributed by atoms with Crippen molar-refractivity contribution in [3.8, 4) is 0 Å². The largest absolute Gasteiger partial charge is 0.397 e. The Morgan fingerprint density at radius 3 is 2.14 bits per heavy atom. The lowest BCUT2D eigenvalue weighted by atomic mass is 9.79. The first-order valence-electron chi connectivity index (χ1n) is 10.2. The minimum atomic E-state index is -0.0223. The molecule has 1 aliphatic rings. The molecule has 1 fully saturated rings. The van der Waals surface area contributed by atoms with Gasteiger partial charge in [-0.05, 0) is 40.2 Å². The lowest BCUT2D eigenvalue weighted by Crippen LogP contribution is -2.36. The van der Waals surface area contributed by atoms with Crippen LogP contribution in [0, 0.1) is 0 Å². The molecule has 0 radical (unpaired) electrons. The minimum Gasteiger partial charge on any atom is -0.397 e. The zero-order chi connectivity index (χ0) is 20.5. The van der Waals surface area contributed by atoms with Gasteiger partial charge in [0, 0.05) is 13.1 Å². The summed E-state index contributed by atoms with van der Waals surface area (Å²) in [6, 6.07) is 12.9. The zero-order valence-corrected chi connectivity index (χ0v) is 18.2. The first-order valence-corrected chi connectivity index (χ1v) is 10.2. The fourth-order valence-electron chi connectivity index (χ4n) is 3.61. The van der Waals surface area contributed by atoms with Crippen molar-refractivity contribution in [1.82, 2.24) is 0 Å². The summed E-state index contributed by atoms with van der Waals surface area (Å²) in [5.74, 6) is 0. The number of ether oxygens (including phenoxy) is 1. The summed E-state index contributed by atoms with van der Waals surface area (Å²) >= 11 is 0. The molecule has 152 valence electrons. The van der Waals surface area contributed by atoms with Gasteiger partial charge in [0.05, 0.1) is 36.0 Å². The summed E-state index contributed by atoms with van der Waals surface area (Å²) in [7, 11) is 0. The lowest BCUT2D eigenvalue weighted by molar-refractivity contribution is 0.123. The summed E-state index contributed by atoms with van der Waals surface area (Å²) in [5.41, 5.74) is 13.3. The smallest absolute Gasteiger partial charge is 0.0642 e. The van der Waals surface area contributed by atoms with E-state index in [1.54, 1.807) is 0 Å². The third-order valence-electron chi connectivity index (χ3n) is 5.38. The van der Waals surface area contributed by atoms with Gasteiger partial charge < -0.3 is 20.7 Å². The number of nitrogens with two attached hydrogens (primary N) is 1. The third kappa shape index (κ3) is 4.44. The van der Waals surface area contributed by atoms with Crippen molar-refractivity contribution in [1.29, 1.82) is 0 Å². The van der Waals surface area contributed by atoms with Crippen LogP contribution in [-0.4, -0.2) is 26.3 Å². The number of benzene rings is 2. The van der Waals surface area contributed by atoms with Gasteiger partial charge in [-0.1, -0.05) is 59.7 Å². The normalized spacial score (nSPS) is 15.6. The van der Waals surface area contributed by atoms with Gasteiger partial charge in [-0.15, -0.1) is 0 Å². The van der Waals surface area contributed by atoms with Crippen molar-refractivity contribution >= 4 is 22.7 Å². The standard InChI is InChI=1S/C24H35N3O/c1-23(2,3)17-15-18(24(4,5)6)22(25)20(16-17)26-19-9-7-8-10-21(19)27-11-13-28-14-12-27/h7-10,15-16,26H,11-14,25H2,1-6H3. The van der Waals surface area contributed by atoms with Crippen LogP contribution in [0.1, 0.15) is 52.7 Å². The molecule has 0 bridgehead atoms. The summed E-state index contributed by atoms with van der Waals surface area (Å²) in [6.07, 6.45) is 0. The maximum Gasteiger partial charge on any atom is 0.0642 e. The first kappa shape index (κ1) is 20.5. The average Bonchev–Trinajstić information content (AvgIpc) is 2.62. The van der Waals surface area contributed by atoms with Crippen LogP contribution in [-0.2, 0) is 15.6 Å². The van der Waals surface area contributed by atoms with Crippen LogP contribution in [0.15, 0.2) is 36.4 Å². The van der Waals surface area contributed by atoms with Crippen molar-refractivity contribution in [2.75, 3.05) is 42.3 Å². The van der Waals surface area contributed by atoms with E-state index in [-0.39, 0.29) is 10.8 Å². The number of rotatable bonds is 3.